The van der Waals surface area contributed by atoms with Gasteiger partial charge in [0, 0.05) is 18.7 Å². The summed E-state index contributed by atoms with van der Waals surface area (Å²) in [5, 5.41) is 12.4. The van der Waals surface area contributed by atoms with Crippen molar-refractivity contribution < 1.29 is 23.5 Å². The molecule has 4 N–H and O–H groups in total. The second kappa shape index (κ2) is 10.4. The first-order chi connectivity index (χ1) is 16.1. The number of hydrogen-bond acceptors (Lipinski definition) is 5. The lowest BCUT2D eigenvalue weighted by Gasteiger charge is -2.17. The first kappa shape index (κ1) is 24.8. The van der Waals surface area contributed by atoms with Crippen molar-refractivity contribution in [3.8, 4) is 5.69 Å². The molecule has 34 heavy (non-hydrogen) atoms. The molecular weight excluding hydrogens is 444 g/mol. The molecule has 178 valence electrons. The van der Waals surface area contributed by atoms with Crippen LogP contribution in [0.2, 0.25) is 0 Å². The number of aliphatic carboxylic acids is 1. The third kappa shape index (κ3) is 5.55. The number of hydrogen-bond donors (Lipinski definition) is 3. The second-order valence-corrected chi connectivity index (χ2v) is 8.33. The van der Waals surface area contributed by atoms with Crippen LogP contribution in [0.5, 0.6) is 0 Å². The van der Waals surface area contributed by atoms with Crippen LogP contribution in [0.25, 0.3) is 5.69 Å². The average molecular weight is 469 g/mol. The van der Waals surface area contributed by atoms with Crippen LogP contribution in [0.3, 0.4) is 0 Å². The number of rotatable bonds is 9. The van der Waals surface area contributed by atoms with E-state index in [2.05, 4.69) is 5.32 Å². The second-order valence-electron chi connectivity index (χ2n) is 8.33. The number of aromatic nitrogens is 1. The predicted molar refractivity (Wildman–Crippen MR) is 124 cm³/mol. The molecule has 1 aromatic heterocycles. The van der Waals surface area contributed by atoms with E-state index in [0.717, 1.165) is 28.3 Å². The summed E-state index contributed by atoms with van der Waals surface area (Å²) >= 11 is 0. The van der Waals surface area contributed by atoms with Crippen molar-refractivity contribution in [3.63, 3.8) is 0 Å². The summed E-state index contributed by atoms with van der Waals surface area (Å²) in [4.78, 5) is 36.7. The molecule has 3 aromatic rings. The van der Waals surface area contributed by atoms with Gasteiger partial charge in [-0.15, -0.1) is 0 Å². The predicted octanol–water partition coefficient (Wildman–Crippen LogP) is 3.52. The zero-order chi connectivity index (χ0) is 25.0. The van der Waals surface area contributed by atoms with Crippen LogP contribution in [-0.2, 0) is 11.3 Å². The van der Waals surface area contributed by atoms with Crippen LogP contribution in [0.15, 0.2) is 59.4 Å². The molecule has 0 radical (unpaired) electrons. The molecule has 0 saturated heterocycles. The largest absolute Gasteiger partial charge is 0.480 e. The van der Waals surface area contributed by atoms with Gasteiger partial charge >= 0.3 is 5.97 Å². The summed E-state index contributed by atoms with van der Waals surface area (Å²) < 4.78 is 28.4. The molecule has 0 fully saturated rings. The summed E-state index contributed by atoms with van der Waals surface area (Å²) in [7, 11) is 0. The van der Waals surface area contributed by atoms with Crippen LogP contribution in [0, 0.1) is 17.6 Å². The Bertz CT molecular complexity index is 1270. The van der Waals surface area contributed by atoms with Gasteiger partial charge in [-0.2, -0.15) is 0 Å². The number of carbonyl (C=O) groups excluding carboxylic acids is 1. The Morgan fingerprint density at radius 2 is 1.68 bits per heavy atom. The maximum atomic E-state index is 14.1. The van der Waals surface area contributed by atoms with E-state index in [0.29, 0.717) is 24.7 Å². The quantitative estimate of drug-likeness (QED) is 0.413. The van der Waals surface area contributed by atoms with E-state index >= 15 is 0 Å². The van der Waals surface area contributed by atoms with Crippen LogP contribution >= 0.6 is 0 Å². The molecule has 1 unspecified atom stereocenters. The Hall–Kier alpha value is -3.85. The Morgan fingerprint density at radius 3 is 2.26 bits per heavy atom. The number of nitrogen functional groups attached to an aromatic ring is 1. The first-order valence-electron chi connectivity index (χ1n) is 10.6. The number of nitrogens with zero attached hydrogens (tertiary/aromatic N) is 1. The van der Waals surface area contributed by atoms with Gasteiger partial charge in [-0.05, 0) is 48.2 Å². The molecule has 1 heterocycles. The van der Waals surface area contributed by atoms with Crippen LogP contribution in [0.1, 0.15) is 41.8 Å². The van der Waals surface area contributed by atoms with Gasteiger partial charge in [0.2, 0.25) is 0 Å². The highest BCUT2D eigenvalue weighted by Gasteiger charge is 2.21. The monoisotopic (exact) mass is 469 g/mol. The van der Waals surface area contributed by atoms with E-state index in [9.17, 15) is 28.3 Å². The zero-order valence-electron chi connectivity index (χ0n) is 18.7. The Kier molecular flexibility index (Phi) is 7.57. The van der Waals surface area contributed by atoms with E-state index in [-0.39, 0.29) is 22.9 Å². The van der Waals surface area contributed by atoms with Crippen molar-refractivity contribution in [2.45, 2.75) is 32.9 Å². The van der Waals surface area contributed by atoms with E-state index in [1.165, 1.54) is 6.07 Å². The van der Waals surface area contributed by atoms with Crippen molar-refractivity contribution in [1.29, 1.82) is 0 Å². The Labute approximate surface area is 194 Å². The number of carbonyl (C=O) groups is 2. The Morgan fingerprint density at radius 1 is 1.03 bits per heavy atom. The van der Waals surface area contributed by atoms with Gasteiger partial charge < -0.3 is 16.2 Å². The van der Waals surface area contributed by atoms with Gasteiger partial charge in [0.1, 0.15) is 23.5 Å². The molecular formula is C25H25F2N3O4. The molecule has 2 aromatic carbocycles. The normalized spacial score (nSPS) is 12.0. The average Bonchev–Trinajstić information content (AvgIpc) is 2.77. The maximum Gasteiger partial charge on any atom is 0.320 e. The molecule has 3 rings (SSSR count). The number of anilines is 1. The molecule has 0 aliphatic heterocycles. The molecule has 9 heteroatoms. The van der Waals surface area contributed by atoms with Gasteiger partial charge in [0.15, 0.2) is 5.78 Å². The van der Waals surface area contributed by atoms with Crippen LogP contribution < -0.4 is 16.6 Å². The number of nitrogens with two attached hydrogens (primary N) is 1. The number of benzene rings is 2. The van der Waals surface area contributed by atoms with Gasteiger partial charge in [-0.25, -0.2) is 8.78 Å². The third-order valence-electron chi connectivity index (χ3n) is 5.30. The fourth-order valence-electron chi connectivity index (χ4n) is 3.58. The number of carboxylic acid groups (broad SMARTS) is 1. The van der Waals surface area contributed by atoms with Crippen molar-refractivity contribution >= 4 is 17.6 Å². The highest BCUT2D eigenvalue weighted by Crippen LogP contribution is 2.21. The SMILES string of the molecule is CC(C)CC(NCc1ccc(-n2c(N)c(C(=O)c3ccc(F)cc3F)ccc2=O)cc1)C(=O)O. The number of pyridine rings is 1. The number of nitrogens with one attached hydrogen (secondary N) is 1. The van der Waals surface area contributed by atoms with E-state index in [1.54, 1.807) is 24.3 Å². The molecule has 1 atom stereocenters. The first-order valence-corrected chi connectivity index (χ1v) is 10.6. The minimum Gasteiger partial charge on any atom is -0.480 e. The lowest BCUT2D eigenvalue weighted by molar-refractivity contribution is -0.140. The topological polar surface area (TPSA) is 114 Å². The summed E-state index contributed by atoms with van der Waals surface area (Å²) in [6.45, 7) is 4.19. The molecule has 0 bridgehead atoms. The van der Waals surface area contributed by atoms with Crippen molar-refractivity contribution in [2.75, 3.05) is 5.73 Å². The standard InChI is InChI=1S/C25H25F2N3O4/c1-14(2)11-21(25(33)34)29-13-15-3-6-17(7-4-15)30-22(31)10-9-19(24(30)28)23(32)18-8-5-16(26)12-20(18)27/h3-10,12,14,21,29H,11,13,28H2,1-2H3,(H,33,34). The van der Waals surface area contributed by atoms with Gasteiger partial charge in [0.05, 0.1) is 16.8 Å². The molecule has 0 aliphatic rings. The van der Waals surface area contributed by atoms with E-state index in [1.807, 2.05) is 13.8 Å². The Balaban J connectivity index is 1.87. The summed E-state index contributed by atoms with van der Waals surface area (Å²) in [6, 6.07) is 10.9. The molecule has 7 nitrogen and oxygen atoms in total. The summed E-state index contributed by atoms with van der Waals surface area (Å²) in [5.74, 6) is -3.53. The minimum absolute atomic E-state index is 0.103. The van der Waals surface area contributed by atoms with E-state index in [4.69, 9.17) is 5.73 Å². The van der Waals surface area contributed by atoms with E-state index < -0.39 is 35.0 Å². The summed E-state index contributed by atoms with van der Waals surface area (Å²) in [6.07, 6.45) is 0.481. The highest BCUT2D eigenvalue weighted by atomic mass is 19.1. The number of ketones is 1. The van der Waals surface area contributed by atoms with Gasteiger partial charge in [-0.1, -0.05) is 26.0 Å². The van der Waals surface area contributed by atoms with Crippen LogP contribution in [-0.4, -0.2) is 27.5 Å². The lowest BCUT2D eigenvalue weighted by Crippen LogP contribution is -2.37. The van der Waals surface area contributed by atoms with Crippen LogP contribution in [0.4, 0.5) is 14.6 Å². The minimum atomic E-state index is -1.03. The number of carboxylic acids is 1. The molecule has 0 spiro atoms. The van der Waals surface area contributed by atoms with Gasteiger partial charge in [0.25, 0.3) is 5.56 Å². The molecule has 0 saturated carbocycles. The fourth-order valence-corrected chi connectivity index (χ4v) is 3.58. The maximum absolute atomic E-state index is 14.1. The third-order valence-corrected chi connectivity index (χ3v) is 5.30. The smallest absolute Gasteiger partial charge is 0.320 e. The fraction of sp³-hybridized carbons (Fsp3) is 0.240. The summed E-state index contributed by atoms with van der Waals surface area (Å²) in [5.41, 5.74) is 6.31. The molecule has 0 aliphatic carbocycles. The zero-order valence-corrected chi connectivity index (χ0v) is 18.7. The lowest BCUT2D eigenvalue weighted by atomic mass is 10.0. The van der Waals surface area contributed by atoms with Crippen molar-refractivity contribution in [1.82, 2.24) is 9.88 Å². The van der Waals surface area contributed by atoms with Crippen molar-refractivity contribution in [3.05, 3.63) is 93.3 Å². The van der Waals surface area contributed by atoms with Crippen molar-refractivity contribution in [2.24, 2.45) is 5.92 Å². The molecule has 0 amide bonds. The highest BCUT2D eigenvalue weighted by molar-refractivity contribution is 6.11. The number of halogens is 2. The van der Waals surface area contributed by atoms with Gasteiger partial charge in [-0.3, -0.25) is 19.0 Å².